The molecule has 4 nitrogen and oxygen atoms in total. The van der Waals surface area contributed by atoms with Gasteiger partial charge in [0.25, 0.3) is 0 Å². The third-order valence-corrected chi connectivity index (χ3v) is 5.34. The van der Waals surface area contributed by atoms with Crippen LogP contribution < -0.4 is 5.73 Å². The minimum Gasteiger partial charge on any atom is -0.366 e. The van der Waals surface area contributed by atoms with E-state index >= 15 is 0 Å². The van der Waals surface area contributed by atoms with Gasteiger partial charge in [0.1, 0.15) is 10.7 Å². The van der Waals surface area contributed by atoms with E-state index in [4.69, 9.17) is 5.73 Å². The molecule has 5 heteroatoms. The van der Waals surface area contributed by atoms with Gasteiger partial charge < -0.3 is 5.73 Å². The van der Waals surface area contributed by atoms with Crippen LogP contribution >= 0.6 is 11.8 Å². The number of hydrogen-bond donors (Lipinski definition) is 1. The smallest absolute Gasteiger partial charge is 0.248 e. The number of nitrogens with two attached hydrogens (primary N) is 1. The molecule has 0 atom stereocenters. The van der Waals surface area contributed by atoms with E-state index < -0.39 is 5.91 Å². The summed E-state index contributed by atoms with van der Waals surface area (Å²) in [6.45, 7) is 0. The van der Waals surface area contributed by atoms with E-state index in [2.05, 4.69) is 22.3 Å². The van der Waals surface area contributed by atoms with Crippen LogP contribution in [-0.2, 0) is 5.75 Å². The number of carbonyl (C=O) groups is 1. The van der Waals surface area contributed by atoms with Gasteiger partial charge in [-0.05, 0) is 17.7 Å². The van der Waals surface area contributed by atoms with Crippen molar-refractivity contribution >= 4 is 28.4 Å². The first kappa shape index (κ1) is 17.2. The Kier molecular flexibility index (Phi) is 4.85. The van der Waals surface area contributed by atoms with Crippen LogP contribution in [0.1, 0.15) is 15.9 Å². The predicted octanol–water partition coefficient (Wildman–Crippen LogP) is 4.69. The molecule has 0 unspecified atom stereocenters. The summed E-state index contributed by atoms with van der Waals surface area (Å²) in [6.07, 6.45) is 0. The lowest BCUT2D eigenvalue weighted by molar-refractivity contribution is 0.1000. The minimum atomic E-state index is -0.417. The van der Waals surface area contributed by atoms with Crippen molar-refractivity contribution in [1.82, 2.24) is 10.2 Å². The lowest BCUT2D eigenvalue weighted by atomic mass is 10.1. The molecule has 0 radical (unpaired) electrons. The summed E-state index contributed by atoms with van der Waals surface area (Å²) < 4.78 is 0. The molecule has 1 heterocycles. The summed E-state index contributed by atoms with van der Waals surface area (Å²) in [5.74, 6) is 0.268. The quantitative estimate of drug-likeness (QED) is 0.517. The summed E-state index contributed by atoms with van der Waals surface area (Å²) in [6, 6.07) is 25.6. The normalized spacial score (nSPS) is 10.8. The number of thioether (sulfide) groups is 1. The number of hydrogen-bond acceptors (Lipinski definition) is 4. The van der Waals surface area contributed by atoms with Crippen LogP contribution in [0.25, 0.3) is 22.0 Å². The van der Waals surface area contributed by atoms with Gasteiger partial charge in [0.2, 0.25) is 5.91 Å². The molecule has 4 aromatic rings. The topological polar surface area (TPSA) is 68.9 Å². The highest BCUT2D eigenvalue weighted by Crippen LogP contribution is 2.32. The van der Waals surface area contributed by atoms with Gasteiger partial charge in [-0.1, -0.05) is 78.5 Å². The Bertz CT molecular complexity index is 1110. The molecule has 0 saturated heterocycles. The molecule has 0 aliphatic heterocycles. The third-order valence-electron chi connectivity index (χ3n) is 4.29. The maximum Gasteiger partial charge on any atom is 0.248 e. The average Bonchev–Trinajstić information content (AvgIpc) is 2.73. The molecule has 2 N–H and O–H groups in total. The van der Waals surface area contributed by atoms with Crippen molar-refractivity contribution < 1.29 is 4.79 Å². The third kappa shape index (κ3) is 3.68. The van der Waals surface area contributed by atoms with E-state index in [-0.39, 0.29) is 0 Å². The predicted molar refractivity (Wildman–Crippen MR) is 109 cm³/mol. The fraction of sp³-hybridized carbons (Fsp3) is 0.0455. The van der Waals surface area contributed by atoms with E-state index in [0.717, 1.165) is 32.6 Å². The molecule has 0 fully saturated rings. The number of rotatable bonds is 5. The second kappa shape index (κ2) is 7.60. The van der Waals surface area contributed by atoms with Gasteiger partial charge >= 0.3 is 0 Å². The van der Waals surface area contributed by atoms with Gasteiger partial charge in [0.15, 0.2) is 0 Å². The van der Waals surface area contributed by atoms with E-state index in [1.54, 1.807) is 17.8 Å². The second-order valence-corrected chi connectivity index (χ2v) is 7.08. The molecule has 27 heavy (non-hydrogen) atoms. The number of nitrogens with zero attached hydrogens (tertiary/aromatic N) is 2. The molecule has 1 aromatic heterocycles. The van der Waals surface area contributed by atoms with Crippen molar-refractivity contribution in [2.45, 2.75) is 10.8 Å². The van der Waals surface area contributed by atoms with Crippen molar-refractivity contribution in [2.24, 2.45) is 5.73 Å². The highest BCUT2D eigenvalue weighted by molar-refractivity contribution is 7.98. The summed E-state index contributed by atoms with van der Waals surface area (Å²) >= 11 is 1.60. The van der Waals surface area contributed by atoms with Crippen LogP contribution in [0.3, 0.4) is 0 Å². The van der Waals surface area contributed by atoms with Crippen LogP contribution in [0.2, 0.25) is 0 Å². The Morgan fingerprint density at radius 1 is 0.852 bits per heavy atom. The van der Waals surface area contributed by atoms with Gasteiger partial charge in [0, 0.05) is 27.7 Å². The molecule has 0 spiro atoms. The molecule has 0 aliphatic rings. The molecule has 3 aromatic carbocycles. The number of amides is 1. The Morgan fingerprint density at radius 3 is 2.37 bits per heavy atom. The van der Waals surface area contributed by atoms with Crippen molar-refractivity contribution in [3.63, 3.8) is 0 Å². The first-order chi connectivity index (χ1) is 13.2. The Morgan fingerprint density at radius 2 is 1.59 bits per heavy atom. The van der Waals surface area contributed by atoms with Crippen LogP contribution in [0.5, 0.6) is 0 Å². The molecule has 0 saturated carbocycles. The lowest BCUT2D eigenvalue weighted by Crippen LogP contribution is -2.10. The molecular weight excluding hydrogens is 354 g/mol. The number of primary amides is 1. The van der Waals surface area contributed by atoms with E-state index in [1.807, 2.05) is 60.7 Å². The van der Waals surface area contributed by atoms with Crippen molar-refractivity contribution in [1.29, 1.82) is 0 Å². The molecule has 132 valence electrons. The van der Waals surface area contributed by atoms with Gasteiger partial charge in [-0.25, -0.2) is 0 Å². The largest absolute Gasteiger partial charge is 0.366 e. The van der Waals surface area contributed by atoms with E-state index in [0.29, 0.717) is 11.3 Å². The highest BCUT2D eigenvalue weighted by atomic mass is 32.2. The standard InChI is InChI=1S/C22H17N3OS/c23-21(26)17-10-6-7-15(13-17)14-27-22-19-12-5-4-11-18(19)20(24-25-22)16-8-2-1-3-9-16/h1-13H,14H2,(H2,23,26). The maximum absolute atomic E-state index is 11.4. The number of aromatic nitrogens is 2. The molecule has 0 bridgehead atoms. The minimum absolute atomic E-state index is 0.417. The molecule has 1 amide bonds. The summed E-state index contributed by atoms with van der Waals surface area (Å²) in [5, 5.41) is 12.0. The summed E-state index contributed by atoms with van der Waals surface area (Å²) in [5.41, 5.74) is 8.84. The Hall–Kier alpha value is -3.18. The van der Waals surface area contributed by atoms with Gasteiger partial charge in [-0.2, -0.15) is 0 Å². The summed E-state index contributed by atoms with van der Waals surface area (Å²) in [4.78, 5) is 11.4. The van der Waals surface area contributed by atoms with Crippen LogP contribution in [0.15, 0.2) is 83.9 Å². The Balaban J connectivity index is 1.67. The highest BCUT2D eigenvalue weighted by Gasteiger charge is 2.11. The second-order valence-electron chi connectivity index (χ2n) is 6.12. The first-order valence-corrected chi connectivity index (χ1v) is 9.53. The van der Waals surface area contributed by atoms with Crippen LogP contribution in [0.4, 0.5) is 0 Å². The van der Waals surface area contributed by atoms with Crippen molar-refractivity contribution in [3.8, 4) is 11.3 Å². The van der Waals surface area contributed by atoms with E-state index in [9.17, 15) is 4.79 Å². The number of carbonyl (C=O) groups excluding carboxylic acids is 1. The van der Waals surface area contributed by atoms with Crippen LogP contribution in [0, 0.1) is 0 Å². The fourth-order valence-electron chi connectivity index (χ4n) is 2.96. The Labute approximate surface area is 161 Å². The van der Waals surface area contributed by atoms with Gasteiger partial charge in [0.05, 0.1) is 0 Å². The van der Waals surface area contributed by atoms with Crippen LogP contribution in [-0.4, -0.2) is 16.1 Å². The molecular formula is C22H17N3OS. The zero-order valence-corrected chi connectivity index (χ0v) is 15.3. The maximum atomic E-state index is 11.4. The molecule has 0 aliphatic carbocycles. The monoisotopic (exact) mass is 371 g/mol. The van der Waals surface area contributed by atoms with Gasteiger partial charge in [-0.15, -0.1) is 10.2 Å². The number of benzene rings is 3. The zero-order valence-electron chi connectivity index (χ0n) is 14.5. The fourth-order valence-corrected chi connectivity index (χ4v) is 3.88. The SMILES string of the molecule is NC(=O)c1cccc(CSc2nnc(-c3ccccc3)c3ccccc23)c1. The number of fused-ring (bicyclic) bond motifs is 1. The van der Waals surface area contributed by atoms with Crippen molar-refractivity contribution in [3.05, 3.63) is 90.0 Å². The van der Waals surface area contributed by atoms with Crippen molar-refractivity contribution in [2.75, 3.05) is 0 Å². The average molecular weight is 371 g/mol. The van der Waals surface area contributed by atoms with E-state index in [1.165, 1.54) is 0 Å². The summed E-state index contributed by atoms with van der Waals surface area (Å²) in [7, 11) is 0. The molecule has 4 rings (SSSR count). The van der Waals surface area contributed by atoms with Gasteiger partial charge in [-0.3, -0.25) is 4.79 Å². The first-order valence-electron chi connectivity index (χ1n) is 8.55. The zero-order chi connectivity index (χ0) is 18.6. The lowest BCUT2D eigenvalue weighted by Gasteiger charge is -2.09.